The van der Waals surface area contributed by atoms with Crippen LogP contribution in [0.3, 0.4) is 0 Å². The molecule has 112 valence electrons. The fraction of sp³-hybridized carbons (Fsp3) is 0.357. The van der Waals surface area contributed by atoms with E-state index in [2.05, 4.69) is 9.97 Å². The van der Waals surface area contributed by atoms with Gasteiger partial charge in [0.1, 0.15) is 16.5 Å². The summed E-state index contributed by atoms with van der Waals surface area (Å²) in [7, 11) is -3.86. The van der Waals surface area contributed by atoms with Crippen molar-refractivity contribution in [1.29, 1.82) is 0 Å². The number of aromatic amines is 1. The molecule has 2 aromatic rings. The zero-order valence-corrected chi connectivity index (χ0v) is 12.4. The highest BCUT2D eigenvalue weighted by atomic mass is 32.2. The summed E-state index contributed by atoms with van der Waals surface area (Å²) < 4.78 is 40.6. The van der Waals surface area contributed by atoms with Gasteiger partial charge in [0.2, 0.25) is 10.0 Å². The summed E-state index contributed by atoms with van der Waals surface area (Å²) in [5.74, 6) is -0.108. The maximum absolute atomic E-state index is 13.8. The predicted octanol–water partition coefficient (Wildman–Crippen LogP) is 2.38. The van der Waals surface area contributed by atoms with Crippen LogP contribution in [0.5, 0.6) is 0 Å². The molecule has 1 aliphatic rings. The van der Waals surface area contributed by atoms with Crippen LogP contribution in [0.25, 0.3) is 0 Å². The summed E-state index contributed by atoms with van der Waals surface area (Å²) in [4.78, 5) is 7.02. The van der Waals surface area contributed by atoms with Crippen LogP contribution in [0.2, 0.25) is 0 Å². The first kappa shape index (κ1) is 14.2. The Kier molecular flexibility index (Phi) is 3.54. The van der Waals surface area contributed by atoms with Crippen LogP contribution in [0.1, 0.15) is 30.4 Å². The minimum Gasteiger partial charge on any atom is -0.345 e. The summed E-state index contributed by atoms with van der Waals surface area (Å²) in [5.41, 5.74) is 0.875. The van der Waals surface area contributed by atoms with E-state index in [0.29, 0.717) is 18.8 Å². The van der Waals surface area contributed by atoms with Gasteiger partial charge in [-0.3, -0.25) is 0 Å². The fourth-order valence-corrected chi connectivity index (χ4v) is 4.41. The molecule has 1 atom stereocenters. The van der Waals surface area contributed by atoms with E-state index in [-0.39, 0.29) is 10.9 Å². The monoisotopic (exact) mass is 309 g/mol. The van der Waals surface area contributed by atoms with E-state index in [1.807, 2.05) is 6.92 Å². The van der Waals surface area contributed by atoms with E-state index in [0.717, 1.165) is 18.2 Å². The second-order valence-corrected chi connectivity index (χ2v) is 7.01. The molecular weight excluding hydrogens is 293 g/mol. The van der Waals surface area contributed by atoms with Crippen molar-refractivity contribution >= 4 is 10.0 Å². The molecule has 0 unspecified atom stereocenters. The number of rotatable bonds is 3. The van der Waals surface area contributed by atoms with Gasteiger partial charge in [0.15, 0.2) is 0 Å². The Hall–Kier alpha value is -1.73. The van der Waals surface area contributed by atoms with Gasteiger partial charge in [0.05, 0.1) is 6.04 Å². The number of imidazole rings is 1. The molecule has 1 aliphatic heterocycles. The van der Waals surface area contributed by atoms with Gasteiger partial charge in [-0.1, -0.05) is 12.1 Å². The average Bonchev–Trinajstić information content (AvgIpc) is 3.07. The number of halogens is 1. The molecule has 0 saturated carbocycles. The number of sulfonamides is 1. The number of benzene rings is 1. The van der Waals surface area contributed by atoms with Crippen LogP contribution >= 0.6 is 0 Å². The molecule has 3 rings (SSSR count). The molecule has 7 heteroatoms. The van der Waals surface area contributed by atoms with Crippen LogP contribution in [0.15, 0.2) is 35.4 Å². The van der Waals surface area contributed by atoms with E-state index >= 15 is 0 Å². The molecule has 0 spiro atoms. The summed E-state index contributed by atoms with van der Waals surface area (Å²) in [6, 6.07) is 5.11. The Morgan fingerprint density at radius 1 is 1.38 bits per heavy atom. The first-order valence-corrected chi connectivity index (χ1v) is 8.22. The molecule has 5 nitrogen and oxygen atoms in total. The van der Waals surface area contributed by atoms with Gasteiger partial charge in [-0.25, -0.2) is 17.8 Å². The molecular formula is C14H16FN3O2S. The van der Waals surface area contributed by atoms with Crippen molar-refractivity contribution < 1.29 is 12.8 Å². The summed E-state index contributed by atoms with van der Waals surface area (Å²) in [6.07, 6.45) is 3.08. The van der Waals surface area contributed by atoms with Crippen LogP contribution < -0.4 is 0 Å². The number of aryl methyl sites for hydroxylation is 1. The van der Waals surface area contributed by atoms with Crippen LogP contribution in [0.4, 0.5) is 4.39 Å². The number of aromatic nitrogens is 2. The van der Waals surface area contributed by atoms with E-state index < -0.39 is 15.8 Å². The zero-order valence-electron chi connectivity index (χ0n) is 11.6. The minimum atomic E-state index is -3.86. The normalized spacial score (nSPS) is 20.0. The second kappa shape index (κ2) is 5.23. The predicted molar refractivity (Wildman–Crippen MR) is 75.6 cm³/mol. The SMILES string of the molecule is Cc1cnc([C@@H]2CCCN2S(=O)(=O)c2ccccc2F)[nH]1. The van der Waals surface area contributed by atoms with Crippen LogP contribution in [0, 0.1) is 12.7 Å². The molecule has 1 aromatic carbocycles. The Balaban J connectivity index is 2.00. The van der Waals surface area contributed by atoms with E-state index in [1.54, 1.807) is 6.20 Å². The molecule has 1 saturated heterocycles. The van der Waals surface area contributed by atoms with Crippen LogP contribution in [-0.2, 0) is 10.0 Å². The van der Waals surface area contributed by atoms with Gasteiger partial charge < -0.3 is 4.98 Å². The number of hydrogen-bond donors (Lipinski definition) is 1. The van der Waals surface area contributed by atoms with Crippen molar-refractivity contribution in [1.82, 2.24) is 14.3 Å². The number of H-pyrrole nitrogens is 1. The number of nitrogens with zero attached hydrogens (tertiary/aromatic N) is 2. The highest BCUT2D eigenvalue weighted by Crippen LogP contribution is 2.35. The van der Waals surface area contributed by atoms with E-state index in [9.17, 15) is 12.8 Å². The van der Waals surface area contributed by atoms with Gasteiger partial charge in [-0.05, 0) is 31.9 Å². The minimum absolute atomic E-state index is 0.278. The Morgan fingerprint density at radius 2 is 2.14 bits per heavy atom. The third-order valence-electron chi connectivity index (χ3n) is 3.67. The smallest absolute Gasteiger partial charge is 0.246 e. The summed E-state index contributed by atoms with van der Waals surface area (Å²) >= 11 is 0. The number of hydrogen-bond acceptors (Lipinski definition) is 3. The molecule has 0 radical (unpaired) electrons. The van der Waals surface area contributed by atoms with Crippen molar-refractivity contribution in [2.75, 3.05) is 6.54 Å². The maximum Gasteiger partial charge on any atom is 0.246 e. The van der Waals surface area contributed by atoms with Crippen molar-refractivity contribution in [2.45, 2.75) is 30.7 Å². The lowest BCUT2D eigenvalue weighted by Gasteiger charge is -2.22. The summed E-state index contributed by atoms with van der Waals surface area (Å²) in [6.45, 7) is 2.24. The van der Waals surface area contributed by atoms with Gasteiger partial charge in [0, 0.05) is 18.4 Å². The molecule has 1 aromatic heterocycles. The fourth-order valence-electron chi connectivity index (χ4n) is 2.68. The van der Waals surface area contributed by atoms with E-state index in [1.165, 1.54) is 22.5 Å². The molecule has 2 heterocycles. The second-order valence-electron chi connectivity index (χ2n) is 5.16. The average molecular weight is 309 g/mol. The Bertz CT molecular complexity index is 757. The standard InChI is InChI=1S/C14H16FN3O2S/c1-10-9-16-14(17-10)12-6-4-8-18(12)21(19,20)13-7-3-2-5-11(13)15/h2-3,5,7,9,12H,4,6,8H2,1H3,(H,16,17)/t12-/m0/s1. The third-order valence-corrected chi connectivity index (χ3v) is 5.61. The van der Waals surface area contributed by atoms with Crippen molar-refractivity contribution in [3.05, 3.63) is 47.8 Å². The topological polar surface area (TPSA) is 66.1 Å². The third kappa shape index (κ3) is 2.47. The van der Waals surface area contributed by atoms with Gasteiger partial charge >= 0.3 is 0 Å². The Labute approximate surface area is 122 Å². The number of nitrogens with one attached hydrogen (secondary N) is 1. The molecule has 1 fully saturated rings. The van der Waals surface area contributed by atoms with Crippen molar-refractivity contribution in [3.8, 4) is 0 Å². The molecule has 21 heavy (non-hydrogen) atoms. The lowest BCUT2D eigenvalue weighted by molar-refractivity contribution is 0.382. The molecule has 0 aliphatic carbocycles. The lowest BCUT2D eigenvalue weighted by atomic mass is 10.2. The maximum atomic E-state index is 13.8. The highest BCUT2D eigenvalue weighted by Gasteiger charge is 2.38. The van der Waals surface area contributed by atoms with Gasteiger partial charge in [0.25, 0.3) is 0 Å². The van der Waals surface area contributed by atoms with Crippen molar-refractivity contribution in [2.24, 2.45) is 0 Å². The van der Waals surface area contributed by atoms with E-state index in [4.69, 9.17) is 0 Å². The highest BCUT2D eigenvalue weighted by molar-refractivity contribution is 7.89. The summed E-state index contributed by atoms with van der Waals surface area (Å²) in [5, 5.41) is 0. The zero-order chi connectivity index (χ0) is 15.0. The molecule has 1 N–H and O–H groups in total. The van der Waals surface area contributed by atoms with Crippen LogP contribution in [-0.4, -0.2) is 29.2 Å². The largest absolute Gasteiger partial charge is 0.345 e. The van der Waals surface area contributed by atoms with Crippen molar-refractivity contribution in [3.63, 3.8) is 0 Å². The lowest BCUT2D eigenvalue weighted by Crippen LogP contribution is -2.31. The quantitative estimate of drug-likeness (QED) is 0.946. The molecule has 0 amide bonds. The first-order chi connectivity index (χ1) is 10.00. The Morgan fingerprint density at radius 3 is 2.81 bits per heavy atom. The molecule has 0 bridgehead atoms. The van der Waals surface area contributed by atoms with Gasteiger partial charge in [-0.2, -0.15) is 4.31 Å². The first-order valence-electron chi connectivity index (χ1n) is 6.78. The van der Waals surface area contributed by atoms with Gasteiger partial charge in [-0.15, -0.1) is 0 Å².